The number of piperidine rings is 1. The third kappa shape index (κ3) is 3.83. The SMILES string of the molecule is Cc1cnn(CC2CCCCN2C(=O)c2ccc(NC3CC3)nc2)c1. The fourth-order valence-corrected chi connectivity index (χ4v) is 3.45. The third-order valence-corrected chi connectivity index (χ3v) is 4.99. The summed E-state index contributed by atoms with van der Waals surface area (Å²) in [6.07, 6.45) is 11.3. The Morgan fingerprint density at radius 1 is 1.24 bits per heavy atom. The molecule has 25 heavy (non-hydrogen) atoms. The molecule has 2 fully saturated rings. The summed E-state index contributed by atoms with van der Waals surface area (Å²) in [5.74, 6) is 0.945. The number of aryl methyl sites for hydroxylation is 1. The van der Waals surface area contributed by atoms with E-state index in [1.54, 1.807) is 6.20 Å². The smallest absolute Gasteiger partial charge is 0.255 e. The molecular weight excluding hydrogens is 314 g/mol. The van der Waals surface area contributed by atoms with Gasteiger partial charge in [0.05, 0.1) is 24.3 Å². The second kappa shape index (κ2) is 6.86. The van der Waals surface area contributed by atoms with Gasteiger partial charge in [0, 0.05) is 25.0 Å². The molecule has 1 saturated carbocycles. The molecular formula is C19H25N5O. The minimum absolute atomic E-state index is 0.0825. The highest BCUT2D eigenvalue weighted by molar-refractivity contribution is 5.94. The van der Waals surface area contributed by atoms with E-state index in [-0.39, 0.29) is 11.9 Å². The van der Waals surface area contributed by atoms with Gasteiger partial charge in [-0.2, -0.15) is 5.10 Å². The molecule has 3 heterocycles. The van der Waals surface area contributed by atoms with Crippen molar-refractivity contribution >= 4 is 11.7 Å². The first kappa shape index (κ1) is 16.1. The normalized spacial score (nSPS) is 20.5. The zero-order chi connectivity index (χ0) is 17.2. The Hall–Kier alpha value is -2.37. The predicted octanol–water partition coefficient (Wildman–Crippen LogP) is 2.86. The van der Waals surface area contributed by atoms with E-state index in [1.165, 1.54) is 12.8 Å². The third-order valence-electron chi connectivity index (χ3n) is 4.99. The van der Waals surface area contributed by atoms with Crippen molar-refractivity contribution in [1.29, 1.82) is 0 Å². The second-order valence-electron chi connectivity index (χ2n) is 7.24. The summed E-state index contributed by atoms with van der Waals surface area (Å²) in [4.78, 5) is 19.4. The van der Waals surface area contributed by atoms with Crippen molar-refractivity contribution in [2.75, 3.05) is 11.9 Å². The first-order valence-electron chi connectivity index (χ1n) is 9.21. The molecule has 2 aliphatic rings. The van der Waals surface area contributed by atoms with Gasteiger partial charge in [-0.1, -0.05) is 0 Å². The Balaban J connectivity index is 1.45. The van der Waals surface area contributed by atoms with Crippen molar-refractivity contribution in [3.05, 3.63) is 41.9 Å². The monoisotopic (exact) mass is 339 g/mol. The van der Waals surface area contributed by atoms with Crippen molar-refractivity contribution in [1.82, 2.24) is 19.7 Å². The van der Waals surface area contributed by atoms with Crippen LogP contribution in [-0.4, -0.2) is 44.2 Å². The molecule has 4 rings (SSSR count). The Morgan fingerprint density at radius 2 is 2.12 bits per heavy atom. The summed E-state index contributed by atoms with van der Waals surface area (Å²) in [6.45, 7) is 3.61. The second-order valence-corrected chi connectivity index (χ2v) is 7.24. The lowest BCUT2D eigenvalue weighted by Gasteiger charge is -2.35. The summed E-state index contributed by atoms with van der Waals surface area (Å²) in [5, 5.41) is 7.74. The molecule has 1 amide bonds. The average molecular weight is 339 g/mol. The highest BCUT2D eigenvalue weighted by atomic mass is 16.2. The van der Waals surface area contributed by atoms with Gasteiger partial charge in [0.25, 0.3) is 5.91 Å². The van der Waals surface area contributed by atoms with E-state index >= 15 is 0 Å². The fourth-order valence-electron chi connectivity index (χ4n) is 3.45. The van der Waals surface area contributed by atoms with Crippen LogP contribution in [0.25, 0.3) is 0 Å². The number of amides is 1. The molecule has 1 unspecified atom stereocenters. The van der Waals surface area contributed by atoms with E-state index < -0.39 is 0 Å². The van der Waals surface area contributed by atoms with Crippen molar-refractivity contribution in [3.63, 3.8) is 0 Å². The number of rotatable bonds is 5. The molecule has 1 aliphatic carbocycles. The zero-order valence-electron chi connectivity index (χ0n) is 14.7. The van der Waals surface area contributed by atoms with Crippen LogP contribution in [-0.2, 0) is 6.54 Å². The van der Waals surface area contributed by atoms with Crippen LogP contribution in [0.5, 0.6) is 0 Å². The average Bonchev–Trinajstić information content (AvgIpc) is 3.35. The highest BCUT2D eigenvalue weighted by Gasteiger charge is 2.28. The molecule has 0 bridgehead atoms. The maximum atomic E-state index is 13.0. The number of carbonyl (C=O) groups is 1. The maximum Gasteiger partial charge on any atom is 0.255 e. The van der Waals surface area contributed by atoms with Crippen LogP contribution in [0.1, 0.15) is 48.0 Å². The van der Waals surface area contributed by atoms with E-state index in [0.29, 0.717) is 11.6 Å². The van der Waals surface area contributed by atoms with Crippen molar-refractivity contribution in [2.24, 2.45) is 0 Å². The fraction of sp³-hybridized carbons (Fsp3) is 0.526. The Labute approximate surface area is 148 Å². The minimum Gasteiger partial charge on any atom is -0.367 e. The summed E-state index contributed by atoms with van der Waals surface area (Å²) < 4.78 is 1.95. The summed E-state index contributed by atoms with van der Waals surface area (Å²) in [5.41, 5.74) is 1.82. The van der Waals surface area contributed by atoms with E-state index in [4.69, 9.17) is 0 Å². The molecule has 1 atom stereocenters. The molecule has 6 heteroatoms. The van der Waals surface area contributed by atoms with Gasteiger partial charge in [-0.3, -0.25) is 9.48 Å². The molecule has 2 aromatic rings. The summed E-state index contributed by atoms with van der Waals surface area (Å²) in [7, 11) is 0. The van der Waals surface area contributed by atoms with Gasteiger partial charge in [0.15, 0.2) is 0 Å². The minimum atomic E-state index is 0.0825. The Kier molecular flexibility index (Phi) is 4.42. The molecule has 1 saturated heterocycles. The number of anilines is 1. The topological polar surface area (TPSA) is 63.1 Å². The number of hydrogen-bond acceptors (Lipinski definition) is 4. The predicted molar refractivity (Wildman–Crippen MR) is 96.5 cm³/mol. The first-order chi connectivity index (χ1) is 12.2. The van der Waals surface area contributed by atoms with Gasteiger partial charge < -0.3 is 10.2 Å². The quantitative estimate of drug-likeness (QED) is 0.910. The lowest BCUT2D eigenvalue weighted by atomic mass is 10.0. The number of nitrogens with zero attached hydrogens (tertiary/aromatic N) is 4. The Morgan fingerprint density at radius 3 is 2.80 bits per heavy atom. The van der Waals surface area contributed by atoms with Gasteiger partial charge in [-0.15, -0.1) is 0 Å². The van der Waals surface area contributed by atoms with Gasteiger partial charge in [0.2, 0.25) is 0 Å². The van der Waals surface area contributed by atoms with E-state index in [9.17, 15) is 4.79 Å². The lowest BCUT2D eigenvalue weighted by molar-refractivity contribution is 0.0583. The van der Waals surface area contributed by atoms with Gasteiger partial charge >= 0.3 is 0 Å². The molecule has 132 valence electrons. The molecule has 1 N–H and O–H groups in total. The molecule has 0 aromatic carbocycles. The van der Waals surface area contributed by atoms with E-state index in [0.717, 1.165) is 43.7 Å². The summed E-state index contributed by atoms with van der Waals surface area (Å²) in [6, 6.07) is 4.58. The van der Waals surface area contributed by atoms with E-state index in [2.05, 4.69) is 15.4 Å². The van der Waals surface area contributed by atoms with Crippen LogP contribution in [0.15, 0.2) is 30.7 Å². The van der Waals surface area contributed by atoms with Crippen LogP contribution in [0.2, 0.25) is 0 Å². The largest absolute Gasteiger partial charge is 0.367 e. The zero-order valence-corrected chi connectivity index (χ0v) is 14.7. The lowest BCUT2D eigenvalue weighted by Crippen LogP contribution is -2.46. The number of aromatic nitrogens is 3. The molecule has 1 aliphatic heterocycles. The van der Waals surface area contributed by atoms with E-state index in [1.807, 2.05) is 41.0 Å². The van der Waals surface area contributed by atoms with Crippen LogP contribution in [0.3, 0.4) is 0 Å². The molecule has 0 spiro atoms. The summed E-state index contributed by atoms with van der Waals surface area (Å²) >= 11 is 0. The first-order valence-corrected chi connectivity index (χ1v) is 9.21. The van der Waals surface area contributed by atoms with Gasteiger partial charge in [0.1, 0.15) is 5.82 Å². The highest BCUT2D eigenvalue weighted by Crippen LogP contribution is 2.24. The standard InChI is InChI=1S/C19H25N5O/c1-14-10-21-23(12-14)13-17-4-2-3-9-24(17)19(25)15-5-8-18(20-11-15)22-16-6-7-16/h5,8,10-12,16-17H,2-4,6-7,9,13H2,1H3,(H,20,22). The molecule has 0 radical (unpaired) electrons. The number of pyridine rings is 1. The molecule has 6 nitrogen and oxygen atoms in total. The van der Waals surface area contributed by atoms with Crippen molar-refractivity contribution in [3.8, 4) is 0 Å². The van der Waals surface area contributed by atoms with Crippen molar-refractivity contribution in [2.45, 2.75) is 57.7 Å². The number of likely N-dealkylation sites (tertiary alicyclic amines) is 1. The number of hydrogen-bond donors (Lipinski definition) is 1. The van der Waals surface area contributed by atoms with Gasteiger partial charge in [-0.05, 0) is 56.7 Å². The Bertz CT molecular complexity index is 735. The number of carbonyl (C=O) groups excluding carboxylic acids is 1. The van der Waals surface area contributed by atoms with Crippen molar-refractivity contribution < 1.29 is 4.79 Å². The van der Waals surface area contributed by atoms with Crippen LogP contribution < -0.4 is 5.32 Å². The van der Waals surface area contributed by atoms with Crippen LogP contribution >= 0.6 is 0 Å². The van der Waals surface area contributed by atoms with Crippen LogP contribution in [0, 0.1) is 6.92 Å². The van der Waals surface area contributed by atoms with Crippen LogP contribution in [0.4, 0.5) is 5.82 Å². The number of nitrogens with one attached hydrogen (secondary N) is 1. The molecule has 2 aromatic heterocycles. The van der Waals surface area contributed by atoms with Gasteiger partial charge in [-0.25, -0.2) is 4.98 Å². The maximum absolute atomic E-state index is 13.0.